The molecule has 0 aromatic carbocycles. The van der Waals surface area contributed by atoms with Crippen LogP contribution < -0.4 is 10.6 Å². The highest BCUT2D eigenvalue weighted by Gasteiger charge is 2.21. The summed E-state index contributed by atoms with van der Waals surface area (Å²) in [6.07, 6.45) is 6.10. The molecule has 1 fully saturated rings. The van der Waals surface area contributed by atoms with Gasteiger partial charge in [-0.2, -0.15) is 0 Å². The molecule has 0 aliphatic carbocycles. The van der Waals surface area contributed by atoms with E-state index in [1.165, 1.54) is 0 Å². The third-order valence-corrected chi connectivity index (χ3v) is 4.54. The first-order valence-electron chi connectivity index (χ1n) is 8.92. The highest BCUT2D eigenvalue weighted by molar-refractivity contribution is 5.79. The Morgan fingerprint density at radius 2 is 2.27 bits per heavy atom. The molecule has 0 spiro atoms. The maximum Gasteiger partial charge on any atom is 0.220 e. The molecule has 2 aromatic rings. The van der Waals surface area contributed by atoms with Gasteiger partial charge in [-0.3, -0.25) is 14.6 Å². The minimum Gasteiger partial charge on any atom is -0.354 e. The summed E-state index contributed by atoms with van der Waals surface area (Å²) in [5.74, 6) is 0.0626. The molecule has 2 atom stereocenters. The second kappa shape index (κ2) is 8.07. The fraction of sp³-hybridized carbons (Fsp3) is 0.500. The molecular weight excluding hydrogens is 332 g/mol. The normalized spacial score (nSPS) is 17.8. The fourth-order valence-corrected chi connectivity index (χ4v) is 2.87. The van der Waals surface area contributed by atoms with E-state index >= 15 is 0 Å². The van der Waals surface area contributed by atoms with Crippen LogP contribution in [0.5, 0.6) is 0 Å². The van der Waals surface area contributed by atoms with E-state index in [0.29, 0.717) is 31.5 Å². The number of aromatic nitrogens is 4. The van der Waals surface area contributed by atoms with Crippen molar-refractivity contribution >= 4 is 11.8 Å². The summed E-state index contributed by atoms with van der Waals surface area (Å²) in [6.45, 7) is 4.43. The average Bonchev–Trinajstić information content (AvgIpc) is 3.28. The molecule has 8 nitrogen and oxygen atoms in total. The second-order valence-corrected chi connectivity index (χ2v) is 6.80. The van der Waals surface area contributed by atoms with Crippen LogP contribution in [0.3, 0.4) is 0 Å². The lowest BCUT2D eigenvalue weighted by Gasteiger charge is -2.13. The first-order valence-corrected chi connectivity index (χ1v) is 8.92. The van der Waals surface area contributed by atoms with E-state index < -0.39 is 0 Å². The van der Waals surface area contributed by atoms with Crippen molar-refractivity contribution in [2.45, 2.75) is 51.6 Å². The predicted molar refractivity (Wildman–Crippen MR) is 96.1 cm³/mol. The van der Waals surface area contributed by atoms with Gasteiger partial charge in [0.15, 0.2) is 0 Å². The monoisotopic (exact) mass is 356 g/mol. The number of pyridine rings is 1. The smallest absolute Gasteiger partial charge is 0.220 e. The first-order chi connectivity index (χ1) is 12.5. The van der Waals surface area contributed by atoms with Crippen LogP contribution in [0.4, 0.5) is 0 Å². The Labute approximate surface area is 152 Å². The van der Waals surface area contributed by atoms with Gasteiger partial charge in [-0.05, 0) is 38.3 Å². The van der Waals surface area contributed by atoms with Crippen LogP contribution in [0.2, 0.25) is 0 Å². The SMILES string of the molecule is Cc1ccc(-c2cn([C@@H](C)CNC(=O)CCC3CCC(=O)N3)nn2)nc1. The molecule has 26 heavy (non-hydrogen) atoms. The Morgan fingerprint density at radius 3 is 2.96 bits per heavy atom. The van der Waals surface area contributed by atoms with Gasteiger partial charge in [0.25, 0.3) is 0 Å². The third kappa shape index (κ3) is 4.65. The molecule has 0 saturated carbocycles. The van der Waals surface area contributed by atoms with Crippen molar-refractivity contribution in [1.29, 1.82) is 0 Å². The van der Waals surface area contributed by atoms with Gasteiger partial charge in [-0.1, -0.05) is 11.3 Å². The van der Waals surface area contributed by atoms with Crippen molar-refractivity contribution in [1.82, 2.24) is 30.6 Å². The molecule has 3 heterocycles. The first kappa shape index (κ1) is 18.0. The Balaban J connectivity index is 1.46. The van der Waals surface area contributed by atoms with E-state index in [0.717, 1.165) is 17.7 Å². The molecule has 2 aromatic heterocycles. The Kier molecular flexibility index (Phi) is 5.60. The maximum absolute atomic E-state index is 12.0. The zero-order valence-corrected chi connectivity index (χ0v) is 15.1. The summed E-state index contributed by atoms with van der Waals surface area (Å²) in [5.41, 5.74) is 2.58. The quantitative estimate of drug-likeness (QED) is 0.780. The summed E-state index contributed by atoms with van der Waals surface area (Å²) in [5, 5.41) is 14.1. The van der Waals surface area contributed by atoms with Crippen LogP contribution >= 0.6 is 0 Å². The number of nitrogens with zero attached hydrogens (tertiary/aromatic N) is 4. The average molecular weight is 356 g/mol. The molecule has 1 aliphatic rings. The fourth-order valence-electron chi connectivity index (χ4n) is 2.87. The molecular formula is C18H24N6O2. The molecule has 2 amide bonds. The summed E-state index contributed by atoms with van der Waals surface area (Å²) >= 11 is 0. The lowest BCUT2D eigenvalue weighted by Crippen LogP contribution is -2.32. The molecule has 1 aliphatic heterocycles. The van der Waals surface area contributed by atoms with E-state index in [9.17, 15) is 9.59 Å². The van der Waals surface area contributed by atoms with Crippen molar-refractivity contribution in [2.24, 2.45) is 0 Å². The van der Waals surface area contributed by atoms with Gasteiger partial charge < -0.3 is 10.6 Å². The number of carbonyl (C=O) groups excluding carboxylic acids is 2. The summed E-state index contributed by atoms with van der Waals surface area (Å²) < 4.78 is 1.73. The standard InChI is InChI=1S/C18H24N6O2/c1-12-3-6-15(19-9-12)16-11-24(23-22-16)13(2)10-20-17(25)7-4-14-5-8-18(26)21-14/h3,6,9,11,13-14H,4-5,7-8,10H2,1-2H3,(H,20,25)(H,21,26)/t13-,14?/m0/s1. The Bertz CT molecular complexity index is 770. The van der Waals surface area contributed by atoms with Gasteiger partial charge in [0, 0.05) is 31.6 Å². The van der Waals surface area contributed by atoms with Crippen LogP contribution in [-0.4, -0.2) is 44.4 Å². The molecule has 3 rings (SSSR count). The number of nitrogens with one attached hydrogen (secondary N) is 2. The molecule has 1 saturated heterocycles. The van der Waals surface area contributed by atoms with E-state index in [4.69, 9.17) is 0 Å². The minimum atomic E-state index is -0.0168. The van der Waals surface area contributed by atoms with Crippen LogP contribution in [0.25, 0.3) is 11.4 Å². The number of amides is 2. The van der Waals surface area contributed by atoms with Crippen molar-refractivity contribution in [3.63, 3.8) is 0 Å². The number of aryl methyl sites for hydroxylation is 1. The number of hydrogen-bond acceptors (Lipinski definition) is 5. The third-order valence-electron chi connectivity index (χ3n) is 4.54. The molecule has 1 unspecified atom stereocenters. The van der Waals surface area contributed by atoms with Gasteiger partial charge in [0.05, 0.1) is 17.9 Å². The van der Waals surface area contributed by atoms with Crippen LogP contribution in [0, 0.1) is 6.92 Å². The summed E-state index contributed by atoms with van der Waals surface area (Å²) in [4.78, 5) is 27.5. The summed E-state index contributed by atoms with van der Waals surface area (Å²) in [7, 11) is 0. The number of hydrogen-bond donors (Lipinski definition) is 2. The molecule has 138 valence electrons. The van der Waals surface area contributed by atoms with Crippen molar-refractivity contribution in [3.8, 4) is 11.4 Å². The molecule has 2 N–H and O–H groups in total. The molecule has 0 radical (unpaired) electrons. The van der Waals surface area contributed by atoms with Gasteiger partial charge in [0.1, 0.15) is 5.69 Å². The Morgan fingerprint density at radius 1 is 1.42 bits per heavy atom. The lowest BCUT2D eigenvalue weighted by atomic mass is 10.1. The van der Waals surface area contributed by atoms with Gasteiger partial charge in [-0.25, -0.2) is 4.68 Å². The second-order valence-electron chi connectivity index (χ2n) is 6.80. The van der Waals surface area contributed by atoms with E-state index in [2.05, 4.69) is 25.9 Å². The van der Waals surface area contributed by atoms with Gasteiger partial charge in [-0.15, -0.1) is 5.10 Å². The van der Waals surface area contributed by atoms with E-state index in [1.54, 1.807) is 10.9 Å². The Hall–Kier alpha value is -2.77. The summed E-state index contributed by atoms with van der Waals surface area (Å²) in [6, 6.07) is 4.01. The van der Waals surface area contributed by atoms with Crippen molar-refractivity contribution in [3.05, 3.63) is 30.1 Å². The molecule has 0 bridgehead atoms. The maximum atomic E-state index is 12.0. The molecule has 8 heteroatoms. The topological polar surface area (TPSA) is 102 Å². The van der Waals surface area contributed by atoms with Crippen molar-refractivity contribution in [2.75, 3.05) is 6.54 Å². The largest absolute Gasteiger partial charge is 0.354 e. The minimum absolute atomic E-state index is 0.0152. The van der Waals surface area contributed by atoms with Crippen LogP contribution in [-0.2, 0) is 9.59 Å². The lowest BCUT2D eigenvalue weighted by molar-refractivity contribution is -0.122. The number of rotatable bonds is 7. The zero-order valence-electron chi connectivity index (χ0n) is 15.1. The van der Waals surface area contributed by atoms with Crippen molar-refractivity contribution < 1.29 is 9.59 Å². The van der Waals surface area contributed by atoms with Crippen LogP contribution in [0.1, 0.15) is 44.2 Å². The zero-order chi connectivity index (χ0) is 18.5. The predicted octanol–water partition coefficient (Wildman–Crippen LogP) is 1.38. The van der Waals surface area contributed by atoms with Gasteiger partial charge in [0.2, 0.25) is 11.8 Å². The number of carbonyl (C=O) groups is 2. The highest BCUT2D eigenvalue weighted by atomic mass is 16.2. The van der Waals surface area contributed by atoms with Gasteiger partial charge >= 0.3 is 0 Å². The van der Waals surface area contributed by atoms with E-state index in [1.807, 2.05) is 32.2 Å². The highest BCUT2D eigenvalue weighted by Crippen LogP contribution is 2.15. The van der Waals surface area contributed by atoms with Crippen LogP contribution in [0.15, 0.2) is 24.5 Å². The van der Waals surface area contributed by atoms with E-state index in [-0.39, 0.29) is 23.9 Å².